The largest absolute Gasteiger partial charge is 0.383 e. The Balaban J connectivity index is 1.35. The predicted molar refractivity (Wildman–Crippen MR) is 134 cm³/mol. The molecule has 1 amide bonds. The van der Waals surface area contributed by atoms with Gasteiger partial charge in [-0.1, -0.05) is 31.4 Å². The zero-order valence-corrected chi connectivity index (χ0v) is 20.1. The molecule has 4 aromatic rings. The highest BCUT2D eigenvalue weighted by molar-refractivity contribution is 6.09. The Morgan fingerprint density at radius 3 is 2.86 bits per heavy atom. The lowest BCUT2D eigenvalue weighted by Gasteiger charge is -2.19. The van der Waals surface area contributed by atoms with E-state index in [1.54, 1.807) is 22.6 Å². The Hall–Kier alpha value is -3.79. The van der Waals surface area contributed by atoms with Crippen molar-refractivity contribution in [2.45, 2.75) is 45.1 Å². The molecule has 1 saturated carbocycles. The summed E-state index contributed by atoms with van der Waals surface area (Å²) >= 11 is 0. The molecule has 0 atom stereocenters. The van der Waals surface area contributed by atoms with E-state index in [4.69, 9.17) is 4.74 Å². The maximum atomic E-state index is 13.2. The van der Waals surface area contributed by atoms with Crippen molar-refractivity contribution in [1.82, 2.24) is 29.8 Å². The highest BCUT2D eigenvalue weighted by Gasteiger charge is 2.19. The molecule has 0 bridgehead atoms. The van der Waals surface area contributed by atoms with Crippen LogP contribution in [0.15, 0.2) is 42.7 Å². The van der Waals surface area contributed by atoms with Crippen molar-refractivity contribution in [1.29, 1.82) is 0 Å². The minimum Gasteiger partial charge on any atom is -0.383 e. The summed E-state index contributed by atoms with van der Waals surface area (Å²) in [5.41, 5.74) is 4.57. The number of rotatable bonds is 8. The van der Waals surface area contributed by atoms with Gasteiger partial charge in [-0.25, -0.2) is 4.52 Å². The summed E-state index contributed by atoms with van der Waals surface area (Å²) in [7, 11) is 1.66. The van der Waals surface area contributed by atoms with Crippen LogP contribution in [-0.2, 0) is 4.74 Å². The third kappa shape index (κ3) is 5.02. The van der Waals surface area contributed by atoms with Gasteiger partial charge in [-0.05, 0) is 48.7 Å². The van der Waals surface area contributed by atoms with Crippen LogP contribution in [0.5, 0.6) is 0 Å². The van der Waals surface area contributed by atoms with E-state index in [0.29, 0.717) is 36.3 Å². The van der Waals surface area contributed by atoms with Crippen LogP contribution in [0, 0.1) is 6.92 Å². The fourth-order valence-corrected chi connectivity index (χ4v) is 4.46. The summed E-state index contributed by atoms with van der Waals surface area (Å²) in [6.07, 6.45) is 9.28. The summed E-state index contributed by atoms with van der Waals surface area (Å²) in [5.74, 6) is 0.335. The molecule has 3 heterocycles. The van der Waals surface area contributed by atoms with Crippen LogP contribution < -0.4 is 10.6 Å². The van der Waals surface area contributed by atoms with Gasteiger partial charge in [0.05, 0.1) is 29.9 Å². The van der Waals surface area contributed by atoms with Gasteiger partial charge in [-0.2, -0.15) is 9.90 Å². The molecular formula is C25H30N8O2. The highest BCUT2D eigenvalue weighted by Crippen LogP contribution is 2.28. The number of nitrogens with one attached hydrogen (secondary N) is 2. The number of carbonyl (C=O) groups excluding carboxylic acids is 1. The van der Waals surface area contributed by atoms with Gasteiger partial charge < -0.3 is 15.4 Å². The standard InChI is InChI=1S/C25H30N8O2/c1-17-8-9-18(24-29-31-33(30-24)20-6-4-3-5-7-20)14-22(17)28-25(34)21-16-27-32-12-10-19(15-23(21)32)26-11-13-35-2/h8-10,12,14-16,20,26H,3-7,11,13H2,1-2H3,(H,28,34). The fourth-order valence-electron chi connectivity index (χ4n) is 4.46. The van der Waals surface area contributed by atoms with E-state index in [1.165, 1.54) is 19.3 Å². The number of ether oxygens (including phenoxy) is 1. The molecular weight excluding hydrogens is 444 g/mol. The van der Waals surface area contributed by atoms with Crippen molar-refractivity contribution >= 4 is 22.8 Å². The van der Waals surface area contributed by atoms with Crippen molar-refractivity contribution in [3.8, 4) is 11.4 Å². The Morgan fingerprint density at radius 2 is 2.03 bits per heavy atom. The van der Waals surface area contributed by atoms with Gasteiger partial charge in [0.2, 0.25) is 5.82 Å². The SMILES string of the molecule is COCCNc1ccn2ncc(C(=O)Nc3cc(-c4nnn(C5CCCCC5)n4)ccc3C)c2c1. The first-order valence-electron chi connectivity index (χ1n) is 12.0. The van der Waals surface area contributed by atoms with Gasteiger partial charge in [-0.15, -0.1) is 10.2 Å². The van der Waals surface area contributed by atoms with Gasteiger partial charge in [0.25, 0.3) is 5.91 Å². The number of aromatic nitrogens is 6. The molecule has 0 aliphatic heterocycles. The van der Waals surface area contributed by atoms with Gasteiger partial charge in [-0.3, -0.25) is 4.79 Å². The summed E-state index contributed by atoms with van der Waals surface area (Å²) in [5, 5.41) is 23.9. The molecule has 182 valence electrons. The van der Waals surface area contributed by atoms with E-state index in [2.05, 4.69) is 31.1 Å². The van der Waals surface area contributed by atoms with E-state index in [0.717, 1.165) is 35.2 Å². The van der Waals surface area contributed by atoms with Gasteiger partial charge in [0.15, 0.2) is 0 Å². The Kier molecular flexibility index (Phi) is 6.71. The molecule has 1 fully saturated rings. The number of aryl methyl sites for hydroxylation is 1. The predicted octanol–water partition coefficient (Wildman–Crippen LogP) is 4.11. The maximum Gasteiger partial charge on any atom is 0.259 e. The Bertz CT molecular complexity index is 1320. The Labute approximate surface area is 203 Å². The number of amides is 1. The summed E-state index contributed by atoms with van der Waals surface area (Å²) in [6, 6.07) is 9.96. The molecule has 5 rings (SSSR count). The second kappa shape index (κ2) is 10.2. The number of benzene rings is 1. The summed E-state index contributed by atoms with van der Waals surface area (Å²) in [6.45, 7) is 3.23. The highest BCUT2D eigenvalue weighted by atomic mass is 16.5. The number of hydrogen-bond acceptors (Lipinski definition) is 7. The third-order valence-corrected chi connectivity index (χ3v) is 6.47. The first kappa shape index (κ1) is 23.0. The molecule has 0 saturated heterocycles. The molecule has 10 heteroatoms. The monoisotopic (exact) mass is 474 g/mol. The number of tetrazole rings is 1. The quantitative estimate of drug-likeness (QED) is 0.370. The molecule has 0 radical (unpaired) electrons. The van der Waals surface area contributed by atoms with Crippen molar-refractivity contribution in [2.24, 2.45) is 0 Å². The topological polar surface area (TPSA) is 111 Å². The fraction of sp³-hybridized carbons (Fsp3) is 0.400. The smallest absolute Gasteiger partial charge is 0.259 e. The molecule has 1 aliphatic carbocycles. The molecule has 10 nitrogen and oxygen atoms in total. The van der Waals surface area contributed by atoms with Crippen LogP contribution in [0.2, 0.25) is 0 Å². The zero-order valence-electron chi connectivity index (χ0n) is 20.1. The first-order chi connectivity index (χ1) is 17.1. The van der Waals surface area contributed by atoms with E-state index in [1.807, 2.05) is 43.5 Å². The number of methoxy groups -OCH3 is 1. The minimum atomic E-state index is -0.229. The normalized spacial score (nSPS) is 14.3. The van der Waals surface area contributed by atoms with Crippen LogP contribution in [0.1, 0.15) is 54.1 Å². The number of carbonyl (C=O) groups is 1. The summed E-state index contributed by atoms with van der Waals surface area (Å²) in [4.78, 5) is 15.0. The van der Waals surface area contributed by atoms with Crippen LogP contribution in [0.25, 0.3) is 16.9 Å². The van der Waals surface area contributed by atoms with Crippen LogP contribution >= 0.6 is 0 Å². The Morgan fingerprint density at radius 1 is 1.17 bits per heavy atom. The second-order valence-electron chi connectivity index (χ2n) is 8.93. The zero-order chi connectivity index (χ0) is 24.2. The molecule has 1 aromatic carbocycles. The second-order valence-corrected chi connectivity index (χ2v) is 8.93. The summed E-state index contributed by atoms with van der Waals surface area (Å²) < 4.78 is 6.78. The van der Waals surface area contributed by atoms with Crippen molar-refractivity contribution < 1.29 is 9.53 Å². The molecule has 2 N–H and O–H groups in total. The molecule has 0 unspecified atom stereocenters. The van der Waals surface area contributed by atoms with Gasteiger partial charge >= 0.3 is 0 Å². The minimum absolute atomic E-state index is 0.229. The number of anilines is 2. The number of hydrogen-bond donors (Lipinski definition) is 2. The molecule has 1 aliphatic rings. The van der Waals surface area contributed by atoms with Crippen LogP contribution in [0.4, 0.5) is 11.4 Å². The van der Waals surface area contributed by atoms with Gasteiger partial charge in [0, 0.05) is 36.8 Å². The number of fused-ring (bicyclic) bond motifs is 1. The number of pyridine rings is 1. The van der Waals surface area contributed by atoms with E-state index in [-0.39, 0.29) is 5.91 Å². The first-order valence-corrected chi connectivity index (χ1v) is 12.0. The van der Waals surface area contributed by atoms with Crippen LogP contribution in [0.3, 0.4) is 0 Å². The average Bonchev–Trinajstić information content (AvgIpc) is 3.54. The van der Waals surface area contributed by atoms with E-state index in [9.17, 15) is 4.79 Å². The van der Waals surface area contributed by atoms with Gasteiger partial charge in [0.1, 0.15) is 0 Å². The molecule has 35 heavy (non-hydrogen) atoms. The third-order valence-electron chi connectivity index (χ3n) is 6.47. The van der Waals surface area contributed by atoms with E-state index >= 15 is 0 Å². The van der Waals surface area contributed by atoms with Crippen molar-refractivity contribution in [3.05, 3.63) is 53.9 Å². The van der Waals surface area contributed by atoms with E-state index < -0.39 is 0 Å². The lowest BCUT2D eigenvalue weighted by Crippen LogP contribution is -2.15. The van der Waals surface area contributed by atoms with Crippen molar-refractivity contribution in [3.63, 3.8) is 0 Å². The van der Waals surface area contributed by atoms with Crippen LogP contribution in [-0.4, -0.2) is 56.0 Å². The molecule has 3 aromatic heterocycles. The van der Waals surface area contributed by atoms with Crippen molar-refractivity contribution in [2.75, 3.05) is 30.9 Å². The molecule has 0 spiro atoms. The average molecular weight is 475 g/mol. The lowest BCUT2D eigenvalue weighted by atomic mass is 9.96. The maximum absolute atomic E-state index is 13.2. The number of nitrogens with zero attached hydrogens (tertiary/aromatic N) is 6. The lowest BCUT2D eigenvalue weighted by molar-refractivity contribution is 0.102.